The Morgan fingerprint density at radius 1 is 1.17 bits per heavy atom. The maximum absolute atomic E-state index is 13.2. The third-order valence-electron chi connectivity index (χ3n) is 4.10. The summed E-state index contributed by atoms with van der Waals surface area (Å²) >= 11 is 0. The van der Waals surface area contributed by atoms with Gasteiger partial charge in [-0.15, -0.1) is 21.2 Å². The molecule has 4 nitrogen and oxygen atoms in total. The van der Waals surface area contributed by atoms with Crippen molar-refractivity contribution in [2.75, 3.05) is 26.2 Å². The van der Waals surface area contributed by atoms with Crippen LogP contribution in [0.2, 0.25) is 0 Å². The first-order chi connectivity index (χ1) is 10.4. The van der Waals surface area contributed by atoms with Crippen molar-refractivity contribution >= 4 is 12.4 Å². The number of hydrogen-bond donors (Lipinski definition) is 1. The molecule has 3 rings (SSSR count). The molecule has 0 unspecified atom stereocenters. The fraction of sp³-hybridized carbons (Fsp3) is 0.625. The van der Waals surface area contributed by atoms with E-state index in [0.29, 0.717) is 5.92 Å². The van der Waals surface area contributed by atoms with Gasteiger partial charge in [-0.2, -0.15) is 0 Å². The molecule has 7 heteroatoms. The van der Waals surface area contributed by atoms with Crippen LogP contribution in [0.1, 0.15) is 31.9 Å². The van der Waals surface area contributed by atoms with Gasteiger partial charge < -0.3 is 14.8 Å². The van der Waals surface area contributed by atoms with Crippen molar-refractivity contribution < 1.29 is 18.3 Å². The molecule has 0 bridgehead atoms. The van der Waals surface area contributed by atoms with Gasteiger partial charge in [-0.05, 0) is 30.0 Å². The first-order valence-electron chi connectivity index (χ1n) is 7.79. The monoisotopic (exact) mass is 348 g/mol. The minimum absolute atomic E-state index is 0. The average Bonchev–Trinajstić information content (AvgIpc) is 2.78. The zero-order valence-corrected chi connectivity index (χ0v) is 14.2. The van der Waals surface area contributed by atoms with Crippen LogP contribution < -0.4 is 14.8 Å². The van der Waals surface area contributed by atoms with E-state index in [4.69, 9.17) is 0 Å². The molecule has 0 aromatic heterocycles. The van der Waals surface area contributed by atoms with E-state index in [0.717, 1.165) is 38.2 Å². The summed E-state index contributed by atoms with van der Waals surface area (Å²) in [7, 11) is 0. The summed E-state index contributed by atoms with van der Waals surface area (Å²) < 4.78 is 35.4. The second-order valence-electron chi connectivity index (χ2n) is 6.30. The third kappa shape index (κ3) is 4.25. The largest absolute Gasteiger partial charge is 0.586 e. The fourth-order valence-corrected chi connectivity index (χ4v) is 3.11. The van der Waals surface area contributed by atoms with Gasteiger partial charge in [-0.3, -0.25) is 4.90 Å². The maximum Gasteiger partial charge on any atom is 0.586 e. The average molecular weight is 349 g/mol. The Hall–Kier alpha value is -1.11. The van der Waals surface area contributed by atoms with E-state index in [1.807, 2.05) is 6.07 Å². The molecule has 1 N–H and O–H groups in total. The molecule has 1 aromatic rings. The van der Waals surface area contributed by atoms with Crippen molar-refractivity contribution in [2.45, 2.75) is 32.6 Å². The van der Waals surface area contributed by atoms with Crippen LogP contribution in [-0.4, -0.2) is 37.4 Å². The molecule has 1 fully saturated rings. The summed E-state index contributed by atoms with van der Waals surface area (Å²) in [5.41, 5.74) is 1.01. The van der Waals surface area contributed by atoms with Crippen LogP contribution in [0, 0.1) is 5.92 Å². The number of nitrogens with one attached hydrogen (secondary N) is 1. The van der Waals surface area contributed by atoms with Gasteiger partial charge in [0.2, 0.25) is 0 Å². The molecule has 0 spiro atoms. The van der Waals surface area contributed by atoms with E-state index < -0.39 is 6.29 Å². The number of halogens is 3. The van der Waals surface area contributed by atoms with E-state index >= 15 is 0 Å². The molecular weight excluding hydrogens is 326 g/mol. The molecule has 0 amide bonds. The number of hydrogen-bond acceptors (Lipinski definition) is 4. The van der Waals surface area contributed by atoms with E-state index in [1.54, 1.807) is 12.1 Å². The van der Waals surface area contributed by atoms with Gasteiger partial charge >= 0.3 is 6.29 Å². The quantitative estimate of drug-likeness (QED) is 0.904. The normalized spacial score (nSPS) is 21.1. The first-order valence-corrected chi connectivity index (χ1v) is 7.79. The zero-order chi connectivity index (χ0) is 15.7. The fourth-order valence-electron chi connectivity index (χ4n) is 3.11. The van der Waals surface area contributed by atoms with Crippen molar-refractivity contribution in [1.82, 2.24) is 10.2 Å². The van der Waals surface area contributed by atoms with Crippen molar-refractivity contribution in [2.24, 2.45) is 5.92 Å². The van der Waals surface area contributed by atoms with Gasteiger partial charge in [-0.1, -0.05) is 19.9 Å². The molecule has 2 aliphatic rings. The molecule has 0 radical (unpaired) electrons. The van der Waals surface area contributed by atoms with E-state index in [-0.39, 0.29) is 29.9 Å². The minimum atomic E-state index is -3.55. The smallest absolute Gasteiger partial charge is 0.395 e. The summed E-state index contributed by atoms with van der Waals surface area (Å²) in [6, 6.07) is 5.37. The molecule has 1 saturated heterocycles. The van der Waals surface area contributed by atoms with Crippen molar-refractivity contribution in [1.29, 1.82) is 0 Å². The van der Waals surface area contributed by atoms with Gasteiger partial charge in [0.05, 0.1) is 0 Å². The predicted octanol–water partition coefficient (Wildman–Crippen LogP) is 3.42. The van der Waals surface area contributed by atoms with Gasteiger partial charge in [-0.25, -0.2) is 0 Å². The summed E-state index contributed by atoms with van der Waals surface area (Å²) in [5.74, 6) is 0.760. The Labute approximate surface area is 141 Å². The van der Waals surface area contributed by atoms with Gasteiger partial charge in [0.25, 0.3) is 0 Å². The number of rotatable bonds is 4. The molecule has 130 valence electrons. The molecule has 1 aromatic carbocycles. The van der Waals surface area contributed by atoms with Crippen LogP contribution in [0.5, 0.6) is 11.5 Å². The van der Waals surface area contributed by atoms with Crippen molar-refractivity contribution in [3.63, 3.8) is 0 Å². The van der Waals surface area contributed by atoms with Gasteiger partial charge in [0, 0.05) is 32.2 Å². The van der Waals surface area contributed by atoms with Crippen LogP contribution in [0.25, 0.3) is 0 Å². The van der Waals surface area contributed by atoms with Crippen LogP contribution in [-0.2, 0) is 0 Å². The van der Waals surface area contributed by atoms with Crippen LogP contribution in [0.4, 0.5) is 8.78 Å². The highest BCUT2D eigenvalue weighted by Crippen LogP contribution is 2.43. The number of benzene rings is 1. The lowest BCUT2D eigenvalue weighted by Crippen LogP contribution is -2.45. The third-order valence-corrected chi connectivity index (χ3v) is 4.10. The van der Waals surface area contributed by atoms with E-state index in [2.05, 4.69) is 33.5 Å². The summed E-state index contributed by atoms with van der Waals surface area (Å²) in [5, 5.41) is 3.34. The predicted molar refractivity (Wildman–Crippen MR) is 86.5 cm³/mol. The van der Waals surface area contributed by atoms with Crippen LogP contribution in [0.3, 0.4) is 0 Å². The molecule has 2 aliphatic heterocycles. The summed E-state index contributed by atoms with van der Waals surface area (Å²) in [4.78, 5) is 2.41. The number of fused-ring (bicyclic) bond motifs is 1. The van der Waals surface area contributed by atoms with E-state index in [9.17, 15) is 8.78 Å². The lowest BCUT2D eigenvalue weighted by molar-refractivity contribution is -0.286. The summed E-state index contributed by atoms with van der Waals surface area (Å²) in [6.45, 7) is 8.19. The lowest BCUT2D eigenvalue weighted by atomic mass is 9.94. The highest BCUT2D eigenvalue weighted by molar-refractivity contribution is 5.85. The van der Waals surface area contributed by atoms with Gasteiger partial charge in [0.15, 0.2) is 11.5 Å². The molecule has 1 atom stereocenters. The van der Waals surface area contributed by atoms with Crippen LogP contribution >= 0.6 is 12.4 Å². The molecular formula is C16H23ClF2N2O2. The number of nitrogens with zero attached hydrogens (tertiary/aromatic N) is 1. The number of ether oxygens (including phenoxy) is 2. The number of piperazine rings is 1. The van der Waals surface area contributed by atoms with Crippen molar-refractivity contribution in [3.05, 3.63) is 23.8 Å². The van der Waals surface area contributed by atoms with Gasteiger partial charge in [0.1, 0.15) is 0 Å². The zero-order valence-electron chi connectivity index (χ0n) is 13.4. The lowest BCUT2D eigenvalue weighted by Gasteiger charge is -2.36. The Kier molecular flexibility index (Phi) is 5.70. The second kappa shape index (κ2) is 7.20. The second-order valence-corrected chi connectivity index (χ2v) is 6.30. The Morgan fingerprint density at radius 2 is 1.83 bits per heavy atom. The first kappa shape index (κ1) is 18.2. The van der Waals surface area contributed by atoms with Crippen LogP contribution in [0.15, 0.2) is 18.2 Å². The molecule has 23 heavy (non-hydrogen) atoms. The molecule has 2 heterocycles. The Balaban J connectivity index is 0.00000192. The number of alkyl halides is 2. The topological polar surface area (TPSA) is 33.7 Å². The maximum atomic E-state index is 13.2. The highest BCUT2D eigenvalue weighted by Gasteiger charge is 2.43. The Morgan fingerprint density at radius 3 is 2.48 bits per heavy atom. The van der Waals surface area contributed by atoms with Crippen molar-refractivity contribution in [3.8, 4) is 11.5 Å². The SMILES string of the molecule is CC(C)C[C@@H](c1ccc2c(c1)OC(F)(F)O2)N1CCNCC1.Cl. The summed E-state index contributed by atoms with van der Waals surface area (Å²) in [6.07, 6.45) is -2.57. The Bertz CT molecular complexity index is 537. The molecule has 0 saturated carbocycles. The standard InChI is InChI=1S/C16H22F2N2O2.ClH/c1-11(2)9-13(20-7-5-19-6-8-20)12-3-4-14-15(10-12)22-16(17,18)21-14;/h3-4,10-11,13,19H,5-9H2,1-2H3;1H/t13-;/m0./s1. The van der Waals surface area contributed by atoms with E-state index in [1.165, 1.54) is 0 Å². The minimum Gasteiger partial charge on any atom is -0.395 e. The highest BCUT2D eigenvalue weighted by atomic mass is 35.5. The molecule has 0 aliphatic carbocycles.